The van der Waals surface area contributed by atoms with Crippen LogP contribution in [0.15, 0.2) is 58.6 Å². The number of hydrogen-bond donors (Lipinski definition) is 2. The van der Waals surface area contributed by atoms with Crippen LogP contribution in [0.2, 0.25) is 0 Å². The third-order valence-electron chi connectivity index (χ3n) is 9.58. The molecule has 4 heterocycles. The van der Waals surface area contributed by atoms with E-state index in [1.54, 1.807) is 46.5 Å². The van der Waals surface area contributed by atoms with Crippen LogP contribution in [0.5, 0.6) is 23.0 Å². The Hall–Kier alpha value is -5.43. The number of aliphatic imine (C=N–C) groups is 2. The molecule has 3 N–H and O–H groups in total. The molecule has 4 aliphatic heterocycles. The highest BCUT2D eigenvalue weighted by Crippen LogP contribution is 2.46. The maximum atomic E-state index is 14.4. The van der Waals surface area contributed by atoms with Crippen LogP contribution < -0.4 is 30.0 Å². The van der Waals surface area contributed by atoms with Crippen LogP contribution in [0.1, 0.15) is 46.4 Å². The first kappa shape index (κ1) is 37.3. The molecule has 2 aromatic carbocycles. The van der Waals surface area contributed by atoms with Gasteiger partial charge in [-0.25, -0.2) is 0 Å². The standard InChI is InChI=1S/C37H43N6O9P/c1-22-11-24-17-39-28-15-32(30(49-3)13-26(28)36(46)42(24)19-22)51-7-9-53(48,21-41-35(45)6-5-34(38)44)10-8-52-33-16-29-27(14-31(33)50-4)37(47)43-20-23(2)12-25(43)18-40-29/h13-18,24-25H,1-2,5-12,19-21H2,3-4H3,(H2,38,44)(H,41,45)/t24-,25-/m0/s1. The summed E-state index contributed by atoms with van der Waals surface area (Å²) in [5.74, 6) is -0.215. The molecule has 0 unspecified atom stereocenters. The number of carbonyl (C=O) groups is 4. The van der Waals surface area contributed by atoms with E-state index in [9.17, 15) is 23.7 Å². The molecule has 4 amide bonds. The number of methoxy groups -OCH3 is 2. The van der Waals surface area contributed by atoms with Gasteiger partial charge in [0, 0.05) is 62.8 Å². The van der Waals surface area contributed by atoms with E-state index in [-0.39, 0.29) is 68.6 Å². The van der Waals surface area contributed by atoms with Gasteiger partial charge in [0.05, 0.1) is 68.3 Å². The van der Waals surface area contributed by atoms with Gasteiger partial charge in [0.2, 0.25) is 11.8 Å². The van der Waals surface area contributed by atoms with Crippen molar-refractivity contribution in [2.45, 2.75) is 37.8 Å². The van der Waals surface area contributed by atoms with Crippen molar-refractivity contribution in [2.24, 2.45) is 15.7 Å². The van der Waals surface area contributed by atoms with Crippen LogP contribution in [0.25, 0.3) is 0 Å². The largest absolute Gasteiger partial charge is 0.493 e. The van der Waals surface area contributed by atoms with Gasteiger partial charge in [0.15, 0.2) is 23.0 Å². The molecule has 16 heteroatoms. The average molecular weight is 747 g/mol. The Labute approximate surface area is 307 Å². The first-order valence-electron chi connectivity index (χ1n) is 17.2. The molecule has 0 aromatic heterocycles. The first-order chi connectivity index (χ1) is 25.4. The van der Waals surface area contributed by atoms with Crippen molar-refractivity contribution in [3.05, 3.63) is 59.7 Å². The summed E-state index contributed by atoms with van der Waals surface area (Å²) in [7, 11) is -0.316. The Morgan fingerprint density at radius 2 is 1.28 bits per heavy atom. The van der Waals surface area contributed by atoms with E-state index >= 15 is 0 Å². The molecule has 280 valence electrons. The predicted molar refractivity (Wildman–Crippen MR) is 199 cm³/mol. The molecule has 2 fully saturated rings. The van der Waals surface area contributed by atoms with Gasteiger partial charge in [-0.2, -0.15) is 0 Å². The molecule has 2 aromatic rings. The van der Waals surface area contributed by atoms with E-state index in [0.29, 0.717) is 71.4 Å². The molecule has 0 saturated carbocycles. The van der Waals surface area contributed by atoms with Crippen molar-refractivity contribution in [3.8, 4) is 23.0 Å². The minimum Gasteiger partial charge on any atom is -0.493 e. The van der Waals surface area contributed by atoms with E-state index in [1.807, 2.05) is 0 Å². The molecular formula is C37H43N6O9P. The first-order valence-corrected chi connectivity index (χ1v) is 19.5. The number of rotatable bonds is 15. The summed E-state index contributed by atoms with van der Waals surface area (Å²) >= 11 is 0. The topological polar surface area (TPSA) is 192 Å². The third-order valence-corrected chi connectivity index (χ3v) is 12.3. The molecular weight excluding hydrogens is 703 g/mol. The normalized spacial score (nSPS) is 18.8. The van der Waals surface area contributed by atoms with Crippen LogP contribution in [0, 0.1) is 0 Å². The summed E-state index contributed by atoms with van der Waals surface area (Å²) in [5, 5.41) is 2.67. The number of amides is 4. The molecule has 15 nitrogen and oxygen atoms in total. The zero-order valence-electron chi connectivity index (χ0n) is 29.8. The van der Waals surface area contributed by atoms with Crippen molar-refractivity contribution >= 4 is 54.6 Å². The average Bonchev–Trinajstić information content (AvgIpc) is 3.64. The van der Waals surface area contributed by atoms with E-state index < -0.39 is 19.0 Å². The smallest absolute Gasteiger partial charge is 0.257 e. The highest BCUT2D eigenvalue weighted by Gasteiger charge is 2.36. The number of ether oxygens (including phenoxy) is 4. The number of carbonyl (C=O) groups excluding carboxylic acids is 4. The lowest BCUT2D eigenvalue weighted by atomic mass is 10.1. The second-order valence-electron chi connectivity index (χ2n) is 13.4. The Balaban J connectivity index is 1.16. The van der Waals surface area contributed by atoms with Crippen LogP contribution >= 0.6 is 7.14 Å². The molecule has 0 bridgehead atoms. The molecule has 0 radical (unpaired) electrons. The highest BCUT2D eigenvalue weighted by atomic mass is 31.2. The lowest BCUT2D eigenvalue weighted by molar-refractivity contribution is -0.124. The van der Waals surface area contributed by atoms with E-state index in [4.69, 9.17) is 24.7 Å². The number of nitrogens with two attached hydrogens (primary N) is 1. The quantitative estimate of drug-likeness (QED) is 0.201. The van der Waals surface area contributed by atoms with Crippen LogP contribution in [-0.2, 0) is 14.2 Å². The van der Waals surface area contributed by atoms with Gasteiger partial charge in [-0.3, -0.25) is 29.2 Å². The minimum absolute atomic E-state index is 0.0289. The number of fused-ring (bicyclic) bond motifs is 4. The molecule has 53 heavy (non-hydrogen) atoms. The van der Waals surface area contributed by atoms with E-state index in [2.05, 4.69) is 28.5 Å². The summed E-state index contributed by atoms with van der Waals surface area (Å²) in [6.07, 6.45) is 4.37. The second-order valence-corrected chi connectivity index (χ2v) is 16.8. The maximum absolute atomic E-state index is 14.4. The monoisotopic (exact) mass is 746 g/mol. The molecule has 0 aliphatic carbocycles. The Morgan fingerprint density at radius 1 is 0.811 bits per heavy atom. The number of primary amides is 1. The lowest BCUT2D eigenvalue weighted by Crippen LogP contribution is -2.35. The van der Waals surface area contributed by atoms with Crippen molar-refractivity contribution in [3.63, 3.8) is 0 Å². The Kier molecular flexibility index (Phi) is 11.0. The van der Waals surface area contributed by atoms with Gasteiger partial charge in [-0.1, -0.05) is 24.3 Å². The van der Waals surface area contributed by atoms with Crippen molar-refractivity contribution < 1.29 is 42.7 Å². The molecule has 0 spiro atoms. The number of nitrogens with zero attached hydrogens (tertiary/aromatic N) is 4. The van der Waals surface area contributed by atoms with Gasteiger partial charge >= 0.3 is 0 Å². The Morgan fingerprint density at radius 3 is 1.72 bits per heavy atom. The van der Waals surface area contributed by atoms with Gasteiger partial charge in [0.25, 0.3) is 11.8 Å². The summed E-state index contributed by atoms with van der Waals surface area (Å²) in [5.41, 5.74) is 8.71. The van der Waals surface area contributed by atoms with E-state index in [1.165, 1.54) is 14.2 Å². The summed E-state index contributed by atoms with van der Waals surface area (Å²) in [6.45, 7) is 8.88. The van der Waals surface area contributed by atoms with Gasteiger partial charge in [-0.05, 0) is 25.0 Å². The minimum atomic E-state index is -3.24. The van der Waals surface area contributed by atoms with Crippen molar-refractivity contribution in [2.75, 3.05) is 59.1 Å². The molecule has 4 aliphatic rings. The fourth-order valence-corrected chi connectivity index (χ4v) is 8.53. The number of nitrogens with one attached hydrogen (secondary N) is 1. The van der Waals surface area contributed by atoms with Gasteiger partial charge < -0.3 is 44.4 Å². The second kappa shape index (κ2) is 15.7. The lowest BCUT2D eigenvalue weighted by Gasteiger charge is -2.22. The zero-order valence-corrected chi connectivity index (χ0v) is 30.7. The predicted octanol–water partition coefficient (Wildman–Crippen LogP) is 3.84. The van der Waals surface area contributed by atoms with Crippen molar-refractivity contribution in [1.82, 2.24) is 15.1 Å². The van der Waals surface area contributed by atoms with Gasteiger partial charge in [0.1, 0.15) is 7.14 Å². The maximum Gasteiger partial charge on any atom is 0.257 e. The van der Waals surface area contributed by atoms with Crippen LogP contribution in [0.4, 0.5) is 11.4 Å². The Bertz CT molecular complexity index is 1860. The van der Waals surface area contributed by atoms with Crippen molar-refractivity contribution in [1.29, 1.82) is 0 Å². The zero-order chi connectivity index (χ0) is 37.9. The highest BCUT2D eigenvalue weighted by molar-refractivity contribution is 7.63. The van der Waals surface area contributed by atoms with Crippen LogP contribution in [0.3, 0.4) is 0 Å². The fraction of sp³-hybridized carbons (Fsp3) is 0.405. The summed E-state index contributed by atoms with van der Waals surface area (Å²) < 4.78 is 37.7. The van der Waals surface area contributed by atoms with Crippen LogP contribution in [-0.4, -0.2) is 117 Å². The number of benzene rings is 2. The number of hydrogen-bond acceptors (Lipinski definition) is 11. The molecule has 2 saturated heterocycles. The van der Waals surface area contributed by atoms with Gasteiger partial charge in [-0.15, -0.1) is 0 Å². The molecule has 2 atom stereocenters. The SMILES string of the molecule is C=C1C[C@H]2C=Nc3cc(OCCP(=O)(CCOc4cc5c(cc4OC)C(=O)N4CC(=C)C[C@H]4C=N5)CNC(=O)CCC(N)=O)c(OC)cc3C(=O)N2C1. The molecule has 6 rings (SSSR count). The fourth-order valence-electron chi connectivity index (χ4n) is 6.68. The third kappa shape index (κ3) is 8.30. The summed E-state index contributed by atoms with van der Waals surface area (Å²) in [6, 6.07) is 6.07. The summed E-state index contributed by atoms with van der Waals surface area (Å²) in [4.78, 5) is 63.0. The van der Waals surface area contributed by atoms with E-state index in [0.717, 1.165) is 11.1 Å².